The van der Waals surface area contributed by atoms with Crippen molar-refractivity contribution in [2.24, 2.45) is 0 Å². The molecule has 0 bridgehead atoms. The Morgan fingerprint density at radius 2 is 2.07 bits per heavy atom. The van der Waals surface area contributed by atoms with Gasteiger partial charge in [-0.1, -0.05) is 30.0 Å². The number of benzene rings is 1. The highest BCUT2D eigenvalue weighted by molar-refractivity contribution is 7.98. The lowest BCUT2D eigenvalue weighted by atomic mass is 10.1. The van der Waals surface area contributed by atoms with Gasteiger partial charge in [0.25, 0.3) is 5.91 Å². The number of amides is 1. The maximum Gasteiger partial charge on any atom is 0.359 e. The Bertz CT molecular complexity index is 1230. The second-order valence-electron chi connectivity index (χ2n) is 6.36. The Kier molecular flexibility index (Phi) is 5.82. The fourth-order valence-corrected chi connectivity index (χ4v) is 4.11. The van der Waals surface area contributed by atoms with Gasteiger partial charge in [-0.15, -0.1) is 11.3 Å². The molecule has 1 aromatic carbocycles. The highest BCUT2D eigenvalue weighted by Gasteiger charge is 2.19. The van der Waals surface area contributed by atoms with Gasteiger partial charge in [0.05, 0.1) is 16.2 Å². The smallest absolute Gasteiger partial charge is 0.359 e. The number of thioether (sulfide) groups is 1. The van der Waals surface area contributed by atoms with Crippen LogP contribution in [0.25, 0.3) is 16.8 Å². The van der Waals surface area contributed by atoms with E-state index >= 15 is 0 Å². The van der Waals surface area contributed by atoms with E-state index in [1.54, 1.807) is 23.5 Å². The number of carbonyl (C=O) groups excluding carboxylic acids is 2. The van der Waals surface area contributed by atoms with Crippen molar-refractivity contribution >= 4 is 46.2 Å². The van der Waals surface area contributed by atoms with Gasteiger partial charge in [-0.05, 0) is 37.4 Å². The number of ether oxygens (including phenoxy) is 1. The molecule has 0 aliphatic rings. The number of carbonyl (C=O) groups is 2. The fraction of sp³-hybridized carbons (Fsp3) is 0.143. The number of esters is 1. The second kappa shape index (κ2) is 8.68. The Labute approximate surface area is 181 Å². The molecule has 4 rings (SSSR count). The molecule has 7 nitrogen and oxygen atoms in total. The molecule has 0 spiro atoms. The zero-order chi connectivity index (χ0) is 21.1. The lowest BCUT2D eigenvalue weighted by molar-refractivity contribution is -0.119. The molecule has 9 heteroatoms. The summed E-state index contributed by atoms with van der Waals surface area (Å²) in [6.07, 6.45) is 3.71. The van der Waals surface area contributed by atoms with Crippen molar-refractivity contribution in [1.82, 2.24) is 14.4 Å². The van der Waals surface area contributed by atoms with Crippen LogP contribution < -0.4 is 5.32 Å². The van der Waals surface area contributed by atoms with Crippen LogP contribution in [0.4, 0.5) is 5.69 Å². The minimum Gasteiger partial charge on any atom is -0.451 e. The van der Waals surface area contributed by atoms with E-state index in [9.17, 15) is 9.59 Å². The number of fused-ring (bicyclic) bond motifs is 1. The summed E-state index contributed by atoms with van der Waals surface area (Å²) in [6.45, 7) is 1.54. The number of aryl methyl sites for hydroxylation is 1. The lowest BCUT2D eigenvalue weighted by Gasteiger charge is -2.07. The van der Waals surface area contributed by atoms with Gasteiger partial charge in [0.15, 0.2) is 17.5 Å². The minimum atomic E-state index is -0.638. The number of imidazole rings is 1. The van der Waals surface area contributed by atoms with Crippen LogP contribution in [0.3, 0.4) is 0 Å². The average Bonchev–Trinajstić information content (AvgIpc) is 3.36. The normalized spacial score (nSPS) is 10.9. The average molecular weight is 439 g/mol. The number of anilines is 1. The maximum absolute atomic E-state index is 12.5. The topological polar surface area (TPSA) is 85.6 Å². The number of hydrogen-bond donors (Lipinski definition) is 1. The van der Waals surface area contributed by atoms with Gasteiger partial charge in [-0.3, -0.25) is 9.20 Å². The molecule has 3 aromatic heterocycles. The van der Waals surface area contributed by atoms with E-state index < -0.39 is 18.5 Å². The Morgan fingerprint density at radius 3 is 2.83 bits per heavy atom. The van der Waals surface area contributed by atoms with E-state index in [0.717, 1.165) is 16.3 Å². The van der Waals surface area contributed by atoms with Crippen LogP contribution in [0, 0.1) is 6.92 Å². The molecule has 4 aromatic rings. The van der Waals surface area contributed by atoms with Gasteiger partial charge in [0.2, 0.25) is 0 Å². The van der Waals surface area contributed by atoms with Crippen LogP contribution in [-0.4, -0.2) is 39.1 Å². The number of hydrogen-bond acceptors (Lipinski definition) is 7. The monoisotopic (exact) mass is 438 g/mol. The van der Waals surface area contributed by atoms with Crippen molar-refractivity contribution < 1.29 is 14.3 Å². The van der Waals surface area contributed by atoms with E-state index in [-0.39, 0.29) is 5.69 Å². The van der Waals surface area contributed by atoms with Crippen molar-refractivity contribution in [2.75, 3.05) is 18.2 Å². The van der Waals surface area contributed by atoms with Gasteiger partial charge in [0.1, 0.15) is 0 Å². The summed E-state index contributed by atoms with van der Waals surface area (Å²) in [5.74, 6) is -1.07. The predicted octanol–water partition coefficient (Wildman–Crippen LogP) is 4.28. The van der Waals surface area contributed by atoms with Crippen molar-refractivity contribution in [3.05, 3.63) is 64.7 Å². The van der Waals surface area contributed by atoms with Gasteiger partial charge in [-0.25, -0.2) is 14.8 Å². The van der Waals surface area contributed by atoms with Gasteiger partial charge >= 0.3 is 5.97 Å². The third-order valence-corrected chi connectivity index (χ3v) is 5.71. The first kappa shape index (κ1) is 20.1. The van der Waals surface area contributed by atoms with Crippen LogP contribution in [-0.2, 0) is 9.53 Å². The highest BCUT2D eigenvalue weighted by atomic mass is 32.2. The van der Waals surface area contributed by atoms with Gasteiger partial charge in [0, 0.05) is 22.8 Å². The van der Waals surface area contributed by atoms with Crippen molar-refractivity contribution in [3.63, 3.8) is 0 Å². The van der Waals surface area contributed by atoms with Crippen LogP contribution in [0.15, 0.2) is 59.2 Å². The van der Waals surface area contributed by atoms with Crippen LogP contribution in [0.1, 0.15) is 15.5 Å². The summed E-state index contributed by atoms with van der Waals surface area (Å²) in [5.41, 5.74) is 3.20. The highest BCUT2D eigenvalue weighted by Crippen LogP contribution is 2.24. The van der Waals surface area contributed by atoms with E-state index in [1.807, 2.05) is 59.5 Å². The predicted molar refractivity (Wildman–Crippen MR) is 118 cm³/mol. The first-order valence-corrected chi connectivity index (χ1v) is 11.2. The molecule has 0 radical (unpaired) electrons. The van der Waals surface area contributed by atoms with Crippen LogP contribution in [0.2, 0.25) is 0 Å². The number of thiazole rings is 1. The molecule has 0 saturated heterocycles. The molecule has 0 aliphatic heterocycles. The van der Waals surface area contributed by atoms with Gasteiger partial charge < -0.3 is 10.1 Å². The number of aromatic nitrogens is 3. The standard InChI is InChI=1S/C21H18N4O3S2/c1-13-22-16(12-30-13)14-6-5-7-15(10-14)23-18(26)11-28-20(27)19-17-8-3-4-9-25(17)21(24-19)29-2/h3-10,12H,11H2,1-2H3,(H,23,26). The van der Waals surface area contributed by atoms with Crippen molar-refractivity contribution in [1.29, 1.82) is 0 Å². The minimum absolute atomic E-state index is 0.189. The number of nitrogens with one attached hydrogen (secondary N) is 1. The molecule has 30 heavy (non-hydrogen) atoms. The summed E-state index contributed by atoms with van der Waals surface area (Å²) in [6, 6.07) is 12.8. The summed E-state index contributed by atoms with van der Waals surface area (Å²) < 4.78 is 7.01. The number of pyridine rings is 1. The summed E-state index contributed by atoms with van der Waals surface area (Å²) >= 11 is 2.99. The number of rotatable bonds is 6. The second-order valence-corrected chi connectivity index (χ2v) is 8.20. The molecule has 0 saturated carbocycles. The molecule has 0 unspecified atom stereocenters. The largest absolute Gasteiger partial charge is 0.451 e. The Hall–Kier alpha value is -3.17. The summed E-state index contributed by atoms with van der Waals surface area (Å²) in [4.78, 5) is 33.6. The van der Waals surface area contributed by atoms with E-state index in [0.29, 0.717) is 16.4 Å². The first-order chi connectivity index (χ1) is 14.5. The Balaban J connectivity index is 1.41. The van der Waals surface area contributed by atoms with E-state index in [1.165, 1.54) is 11.8 Å². The third-order valence-electron chi connectivity index (χ3n) is 4.29. The fourth-order valence-electron chi connectivity index (χ4n) is 2.95. The molecule has 1 N–H and O–H groups in total. The van der Waals surface area contributed by atoms with Crippen LogP contribution in [0.5, 0.6) is 0 Å². The van der Waals surface area contributed by atoms with E-state index in [2.05, 4.69) is 15.3 Å². The maximum atomic E-state index is 12.5. The van der Waals surface area contributed by atoms with Gasteiger partial charge in [-0.2, -0.15) is 0 Å². The number of nitrogens with zero attached hydrogens (tertiary/aromatic N) is 3. The zero-order valence-corrected chi connectivity index (χ0v) is 17.9. The molecule has 1 amide bonds. The first-order valence-electron chi connectivity index (χ1n) is 9.06. The lowest BCUT2D eigenvalue weighted by Crippen LogP contribution is -2.21. The van der Waals surface area contributed by atoms with E-state index in [4.69, 9.17) is 4.74 Å². The SMILES string of the molecule is CSc1nc(C(=O)OCC(=O)Nc2cccc(-c3csc(C)n3)c2)c2ccccn12. The van der Waals surface area contributed by atoms with Crippen molar-refractivity contribution in [2.45, 2.75) is 12.1 Å². The quantitative estimate of drug-likeness (QED) is 0.357. The third kappa shape index (κ3) is 4.22. The molecule has 152 valence electrons. The Morgan fingerprint density at radius 1 is 1.20 bits per heavy atom. The summed E-state index contributed by atoms with van der Waals surface area (Å²) in [5, 5.41) is 6.37. The zero-order valence-electron chi connectivity index (χ0n) is 16.3. The molecule has 0 fully saturated rings. The summed E-state index contributed by atoms with van der Waals surface area (Å²) in [7, 11) is 0. The molecule has 0 atom stereocenters. The molecular weight excluding hydrogens is 420 g/mol. The van der Waals surface area contributed by atoms with Crippen LogP contribution >= 0.6 is 23.1 Å². The van der Waals surface area contributed by atoms with Crippen molar-refractivity contribution in [3.8, 4) is 11.3 Å². The molecule has 3 heterocycles. The molecular formula is C21H18N4O3S2. The molecule has 0 aliphatic carbocycles.